The highest BCUT2D eigenvalue weighted by Crippen LogP contribution is 2.15. The van der Waals surface area contributed by atoms with Crippen molar-refractivity contribution in [2.24, 2.45) is 0 Å². The molecule has 6 nitrogen and oxygen atoms in total. The van der Waals surface area contributed by atoms with E-state index in [2.05, 4.69) is 0 Å². The molecule has 6 heteroatoms. The molecule has 2 aromatic rings. The molecule has 0 aliphatic carbocycles. The Labute approximate surface area is 147 Å². The van der Waals surface area contributed by atoms with Crippen LogP contribution in [0, 0.1) is 6.92 Å². The van der Waals surface area contributed by atoms with Gasteiger partial charge in [0.05, 0.1) is 11.8 Å². The van der Waals surface area contributed by atoms with E-state index in [1.54, 1.807) is 22.8 Å². The zero-order valence-corrected chi connectivity index (χ0v) is 14.5. The topological polar surface area (TPSA) is 63.0 Å². The number of benzene rings is 1. The number of hydrogen-bond acceptors (Lipinski definition) is 4. The number of carbonyl (C=O) groups is 2. The lowest BCUT2D eigenvalue weighted by Gasteiger charge is -2.35. The van der Waals surface area contributed by atoms with E-state index in [-0.39, 0.29) is 11.8 Å². The van der Waals surface area contributed by atoms with Gasteiger partial charge >= 0.3 is 0 Å². The van der Waals surface area contributed by atoms with Crippen molar-refractivity contribution in [1.29, 1.82) is 0 Å². The van der Waals surface area contributed by atoms with Crippen LogP contribution in [0.5, 0.6) is 5.75 Å². The minimum absolute atomic E-state index is 0.0593. The van der Waals surface area contributed by atoms with Crippen molar-refractivity contribution in [1.82, 2.24) is 9.80 Å². The van der Waals surface area contributed by atoms with Gasteiger partial charge in [0.1, 0.15) is 12.0 Å². The molecule has 0 N–H and O–H groups in total. The van der Waals surface area contributed by atoms with Crippen molar-refractivity contribution in [3.8, 4) is 5.75 Å². The number of ether oxygens (including phenoxy) is 1. The van der Waals surface area contributed by atoms with Crippen LogP contribution in [0.15, 0.2) is 47.3 Å². The number of aryl methyl sites for hydroxylation is 1. The molecule has 1 aromatic heterocycles. The number of carbonyl (C=O) groups excluding carboxylic acids is 2. The average molecular weight is 342 g/mol. The van der Waals surface area contributed by atoms with Gasteiger partial charge in [-0.1, -0.05) is 17.7 Å². The summed E-state index contributed by atoms with van der Waals surface area (Å²) >= 11 is 0. The lowest BCUT2D eigenvalue weighted by molar-refractivity contribution is -0.139. The lowest BCUT2D eigenvalue weighted by atomic mass is 10.2. The molecule has 0 spiro atoms. The first-order valence-corrected chi connectivity index (χ1v) is 8.38. The fraction of sp³-hybridized carbons (Fsp3) is 0.368. The normalized spacial score (nSPS) is 15.8. The third-order valence-electron chi connectivity index (χ3n) is 4.33. The van der Waals surface area contributed by atoms with Gasteiger partial charge in [-0.05, 0) is 32.0 Å². The highest BCUT2D eigenvalue weighted by molar-refractivity contribution is 5.94. The minimum atomic E-state index is -0.557. The van der Waals surface area contributed by atoms with E-state index in [1.165, 1.54) is 12.5 Å². The van der Waals surface area contributed by atoms with Gasteiger partial charge < -0.3 is 19.0 Å². The first-order chi connectivity index (χ1) is 12.0. The molecule has 0 bridgehead atoms. The summed E-state index contributed by atoms with van der Waals surface area (Å²) in [6.07, 6.45) is 2.37. The fourth-order valence-electron chi connectivity index (χ4n) is 2.83. The van der Waals surface area contributed by atoms with Gasteiger partial charge in [0.2, 0.25) is 0 Å². The van der Waals surface area contributed by atoms with Crippen LogP contribution in [0.3, 0.4) is 0 Å². The average Bonchev–Trinajstić information content (AvgIpc) is 3.17. The molecule has 0 radical (unpaired) electrons. The van der Waals surface area contributed by atoms with Crippen LogP contribution in [-0.4, -0.2) is 53.9 Å². The molecule has 1 atom stereocenters. The Kier molecular flexibility index (Phi) is 5.07. The van der Waals surface area contributed by atoms with E-state index in [0.29, 0.717) is 37.5 Å². The Bertz CT molecular complexity index is 716. The summed E-state index contributed by atoms with van der Waals surface area (Å²) in [6.45, 7) is 5.78. The fourth-order valence-corrected chi connectivity index (χ4v) is 2.83. The summed E-state index contributed by atoms with van der Waals surface area (Å²) in [5.74, 6) is 0.556. The monoisotopic (exact) mass is 342 g/mol. The summed E-state index contributed by atoms with van der Waals surface area (Å²) < 4.78 is 10.7. The van der Waals surface area contributed by atoms with Crippen LogP contribution in [0.25, 0.3) is 0 Å². The number of piperazine rings is 1. The largest absolute Gasteiger partial charge is 0.481 e. The van der Waals surface area contributed by atoms with E-state index in [9.17, 15) is 9.59 Å². The Hall–Kier alpha value is -2.76. The first-order valence-electron chi connectivity index (χ1n) is 8.38. The van der Waals surface area contributed by atoms with Crippen molar-refractivity contribution in [3.63, 3.8) is 0 Å². The second kappa shape index (κ2) is 7.42. The van der Waals surface area contributed by atoms with Crippen molar-refractivity contribution < 1.29 is 18.7 Å². The van der Waals surface area contributed by atoms with Crippen molar-refractivity contribution in [2.45, 2.75) is 20.0 Å². The van der Waals surface area contributed by atoms with Gasteiger partial charge in [-0.25, -0.2) is 0 Å². The number of hydrogen-bond donors (Lipinski definition) is 0. The van der Waals surface area contributed by atoms with Crippen molar-refractivity contribution in [3.05, 3.63) is 54.0 Å². The molecule has 1 aliphatic rings. The molecule has 1 fully saturated rings. The maximum atomic E-state index is 12.6. The van der Waals surface area contributed by atoms with E-state index >= 15 is 0 Å². The van der Waals surface area contributed by atoms with Crippen molar-refractivity contribution in [2.75, 3.05) is 26.2 Å². The highest BCUT2D eigenvalue weighted by atomic mass is 16.5. The molecule has 1 aromatic carbocycles. The second-order valence-corrected chi connectivity index (χ2v) is 6.20. The van der Waals surface area contributed by atoms with Crippen LogP contribution in [0.4, 0.5) is 0 Å². The van der Waals surface area contributed by atoms with Gasteiger partial charge in [0.15, 0.2) is 6.10 Å². The Morgan fingerprint density at radius 3 is 2.28 bits per heavy atom. The van der Waals surface area contributed by atoms with Crippen LogP contribution < -0.4 is 4.74 Å². The van der Waals surface area contributed by atoms with E-state index in [4.69, 9.17) is 9.15 Å². The Morgan fingerprint density at radius 1 is 1.04 bits per heavy atom. The summed E-state index contributed by atoms with van der Waals surface area (Å²) in [7, 11) is 0. The maximum Gasteiger partial charge on any atom is 0.263 e. The van der Waals surface area contributed by atoms with E-state index in [1.807, 2.05) is 31.2 Å². The van der Waals surface area contributed by atoms with Gasteiger partial charge in [0, 0.05) is 26.2 Å². The molecule has 3 rings (SSSR count). The molecule has 25 heavy (non-hydrogen) atoms. The second-order valence-electron chi connectivity index (χ2n) is 6.20. The quantitative estimate of drug-likeness (QED) is 0.856. The van der Waals surface area contributed by atoms with Gasteiger partial charge in [0.25, 0.3) is 11.8 Å². The zero-order chi connectivity index (χ0) is 17.8. The zero-order valence-electron chi connectivity index (χ0n) is 14.5. The van der Waals surface area contributed by atoms with E-state index < -0.39 is 6.10 Å². The first kappa shape index (κ1) is 17.1. The predicted octanol–water partition coefficient (Wildman–Crippen LogP) is 2.34. The predicted molar refractivity (Wildman–Crippen MR) is 92.5 cm³/mol. The number of amides is 2. The summed E-state index contributed by atoms with van der Waals surface area (Å²) in [4.78, 5) is 28.3. The molecule has 1 saturated heterocycles. The van der Waals surface area contributed by atoms with E-state index in [0.717, 1.165) is 5.56 Å². The Balaban J connectivity index is 1.52. The van der Waals surface area contributed by atoms with Crippen LogP contribution in [0.2, 0.25) is 0 Å². The van der Waals surface area contributed by atoms with Crippen molar-refractivity contribution >= 4 is 11.8 Å². The molecular weight excluding hydrogens is 320 g/mol. The standard InChI is InChI=1S/C19H22N2O4/c1-14-3-5-17(6-4-14)25-15(2)18(22)20-8-10-21(11-9-20)19(23)16-7-12-24-13-16/h3-7,12-13,15H,8-11H2,1-2H3/t15-/m0/s1. The minimum Gasteiger partial charge on any atom is -0.481 e. The van der Waals surface area contributed by atoms with Gasteiger partial charge in [-0.15, -0.1) is 0 Å². The summed E-state index contributed by atoms with van der Waals surface area (Å²) in [5, 5.41) is 0. The third-order valence-corrected chi connectivity index (χ3v) is 4.33. The van der Waals surface area contributed by atoms with Crippen LogP contribution in [0.1, 0.15) is 22.8 Å². The number of nitrogens with zero attached hydrogens (tertiary/aromatic N) is 2. The van der Waals surface area contributed by atoms with Gasteiger partial charge in [-0.3, -0.25) is 9.59 Å². The molecule has 2 heterocycles. The molecule has 1 aliphatic heterocycles. The molecular formula is C19H22N2O4. The number of furan rings is 1. The molecule has 2 amide bonds. The highest BCUT2D eigenvalue weighted by Gasteiger charge is 2.28. The van der Waals surface area contributed by atoms with Crippen LogP contribution in [-0.2, 0) is 4.79 Å². The smallest absolute Gasteiger partial charge is 0.263 e. The van der Waals surface area contributed by atoms with Gasteiger partial charge in [-0.2, -0.15) is 0 Å². The number of rotatable bonds is 4. The van der Waals surface area contributed by atoms with Crippen LogP contribution >= 0.6 is 0 Å². The third kappa shape index (κ3) is 4.02. The Morgan fingerprint density at radius 2 is 1.68 bits per heavy atom. The molecule has 0 unspecified atom stereocenters. The summed E-state index contributed by atoms with van der Waals surface area (Å²) in [6, 6.07) is 9.28. The lowest BCUT2D eigenvalue weighted by Crippen LogP contribution is -2.53. The SMILES string of the molecule is Cc1ccc(O[C@@H](C)C(=O)N2CCN(C(=O)c3ccoc3)CC2)cc1. The molecule has 0 saturated carbocycles. The summed E-state index contributed by atoms with van der Waals surface area (Å²) in [5.41, 5.74) is 1.68. The molecule has 132 valence electrons. The maximum absolute atomic E-state index is 12.6.